The summed E-state index contributed by atoms with van der Waals surface area (Å²) in [6.07, 6.45) is 4.08. The van der Waals surface area contributed by atoms with E-state index in [1.54, 1.807) is 18.3 Å². The minimum Gasteiger partial charge on any atom is -0.465 e. The predicted octanol–water partition coefficient (Wildman–Crippen LogP) is 2.08. The molecule has 5 nitrogen and oxygen atoms in total. The Morgan fingerprint density at radius 2 is 2.38 bits per heavy atom. The van der Waals surface area contributed by atoms with Crippen LogP contribution in [0.5, 0.6) is 0 Å². The van der Waals surface area contributed by atoms with Crippen LogP contribution in [0.1, 0.15) is 37.0 Å². The van der Waals surface area contributed by atoms with Gasteiger partial charge in [0.05, 0.1) is 7.11 Å². The molecule has 0 saturated carbocycles. The first kappa shape index (κ1) is 15.8. The summed E-state index contributed by atoms with van der Waals surface area (Å²) in [5.41, 5.74) is 0.553. The van der Waals surface area contributed by atoms with E-state index in [9.17, 15) is 4.79 Å². The molecule has 1 aromatic rings. The lowest BCUT2D eigenvalue weighted by Gasteiger charge is -2.34. The number of hydrogen-bond acceptors (Lipinski definition) is 5. The highest BCUT2D eigenvalue weighted by atomic mass is 16.5. The molecule has 5 heteroatoms. The molecule has 0 spiro atoms. The molecule has 1 saturated heterocycles. The van der Waals surface area contributed by atoms with Gasteiger partial charge in [-0.1, -0.05) is 13.8 Å². The van der Waals surface area contributed by atoms with Gasteiger partial charge in [-0.05, 0) is 37.4 Å². The minimum atomic E-state index is -0.319. The number of ether oxygens (including phenoxy) is 1. The largest absolute Gasteiger partial charge is 0.465 e. The van der Waals surface area contributed by atoms with Crippen LogP contribution < -0.4 is 10.2 Å². The van der Waals surface area contributed by atoms with Gasteiger partial charge in [0.25, 0.3) is 0 Å². The first-order valence-corrected chi connectivity index (χ1v) is 7.63. The third-order valence-electron chi connectivity index (χ3n) is 3.83. The molecule has 2 rings (SSSR count). The van der Waals surface area contributed by atoms with Crippen molar-refractivity contribution in [2.45, 2.75) is 32.7 Å². The van der Waals surface area contributed by atoms with E-state index in [1.807, 2.05) is 0 Å². The smallest absolute Gasteiger partial charge is 0.341 e. The lowest BCUT2D eigenvalue weighted by atomic mass is 9.97. The quantitative estimate of drug-likeness (QED) is 0.842. The number of rotatable bonds is 5. The zero-order chi connectivity index (χ0) is 15.2. The summed E-state index contributed by atoms with van der Waals surface area (Å²) < 4.78 is 4.86. The van der Waals surface area contributed by atoms with Crippen LogP contribution in [0.15, 0.2) is 18.3 Å². The zero-order valence-corrected chi connectivity index (χ0v) is 13.1. The van der Waals surface area contributed by atoms with Crippen molar-refractivity contribution in [3.8, 4) is 0 Å². The van der Waals surface area contributed by atoms with Gasteiger partial charge in [-0.25, -0.2) is 9.78 Å². The van der Waals surface area contributed by atoms with Crippen molar-refractivity contribution in [2.24, 2.45) is 5.92 Å². The molecule has 0 amide bonds. The molecule has 0 aromatic carbocycles. The second kappa shape index (κ2) is 7.41. The molecule has 1 atom stereocenters. The monoisotopic (exact) mass is 291 g/mol. The second-order valence-electron chi connectivity index (χ2n) is 5.88. The van der Waals surface area contributed by atoms with Crippen molar-refractivity contribution < 1.29 is 9.53 Å². The van der Waals surface area contributed by atoms with Crippen LogP contribution in [0.2, 0.25) is 0 Å². The van der Waals surface area contributed by atoms with E-state index < -0.39 is 0 Å². The maximum absolute atomic E-state index is 11.9. The Bertz CT molecular complexity index is 476. The fraction of sp³-hybridized carbons (Fsp3) is 0.625. The van der Waals surface area contributed by atoms with E-state index in [4.69, 9.17) is 4.74 Å². The summed E-state index contributed by atoms with van der Waals surface area (Å²) in [5, 5.41) is 3.50. The third-order valence-corrected chi connectivity index (χ3v) is 3.83. The van der Waals surface area contributed by atoms with Gasteiger partial charge in [-0.3, -0.25) is 0 Å². The number of piperidine rings is 1. The molecule has 1 fully saturated rings. The Kier molecular flexibility index (Phi) is 5.56. The third kappa shape index (κ3) is 4.17. The van der Waals surface area contributed by atoms with E-state index in [0.717, 1.165) is 31.9 Å². The summed E-state index contributed by atoms with van der Waals surface area (Å²) in [5.74, 6) is 1.02. The van der Waals surface area contributed by atoms with Crippen molar-refractivity contribution in [3.05, 3.63) is 23.9 Å². The number of pyridine rings is 1. The number of esters is 1. The highest BCUT2D eigenvalue weighted by molar-refractivity contribution is 5.94. The van der Waals surface area contributed by atoms with E-state index in [1.165, 1.54) is 13.5 Å². The molecule has 21 heavy (non-hydrogen) atoms. The van der Waals surface area contributed by atoms with Crippen LogP contribution in [0.3, 0.4) is 0 Å². The van der Waals surface area contributed by atoms with Crippen LogP contribution in [-0.2, 0) is 4.74 Å². The topological polar surface area (TPSA) is 54.5 Å². The van der Waals surface area contributed by atoms with Gasteiger partial charge < -0.3 is 15.0 Å². The lowest BCUT2D eigenvalue weighted by Crippen LogP contribution is -2.41. The molecular weight excluding hydrogens is 266 g/mol. The van der Waals surface area contributed by atoms with Crippen LogP contribution in [0.4, 0.5) is 5.82 Å². The molecule has 1 aliphatic heterocycles. The molecular formula is C16H25N3O2. The Balaban J connectivity index is 2.09. The SMILES string of the molecule is COC(=O)c1cccnc1N1CCCC(CNC(C)C)C1. The maximum atomic E-state index is 11.9. The molecule has 2 heterocycles. The lowest BCUT2D eigenvalue weighted by molar-refractivity contribution is 0.0601. The maximum Gasteiger partial charge on any atom is 0.341 e. The van der Waals surface area contributed by atoms with Crippen molar-refractivity contribution >= 4 is 11.8 Å². The van der Waals surface area contributed by atoms with Crippen molar-refractivity contribution in [3.63, 3.8) is 0 Å². The highest BCUT2D eigenvalue weighted by Gasteiger charge is 2.24. The van der Waals surface area contributed by atoms with Gasteiger partial charge in [0.15, 0.2) is 0 Å². The summed E-state index contributed by atoms with van der Waals surface area (Å²) in [4.78, 5) is 18.5. The van der Waals surface area contributed by atoms with Crippen LogP contribution in [0.25, 0.3) is 0 Å². The number of carbonyl (C=O) groups is 1. The van der Waals surface area contributed by atoms with Gasteiger partial charge in [-0.2, -0.15) is 0 Å². The van der Waals surface area contributed by atoms with Crippen molar-refractivity contribution in [2.75, 3.05) is 31.6 Å². The molecule has 1 aromatic heterocycles. The van der Waals surface area contributed by atoms with Crippen LogP contribution in [-0.4, -0.2) is 43.7 Å². The first-order chi connectivity index (χ1) is 10.1. The normalized spacial score (nSPS) is 18.9. The predicted molar refractivity (Wildman–Crippen MR) is 83.7 cm³/mol. The molecule has 1 unspecified atom stereocenters. The van der Waals surface area contributed by atoms with E-state index >= 15 is 0 Å². The fourth-order valence-corrected chi connectivity index (χ4v) is 2.74. The van der Waals surface area contributed by atoms with E-state index in [0.29, 0.717) is 17.5 Å². The van der Waals surface area contributed by atoms with Gasteiger partial charge in [0, 0.05) is 25.3 Å². The Labute approximate surface area is 126 Å². The number of anilines is 1. The average Bonchev–Trinajstić information content (AvgIpc) is 2.52. The molecule has 0 bridgehead atoms. The molecule has 0 aliphatic carbocycles. The number of nitrogens with one attached hydrogen (secondary N) is 1. The minimum absolute atomic E-state index is 0.319. The van der Waals surface area contributed by atoms with Gasteiger partial charge in [-0.15, -0.1) is 0 Å². The summed E-state index contributed by atoms with van der Waals surface area (Å²) in [7, 11) is 1.41. The highest BCUT2D eigenvalue weighted by Crippen LogP contribution is 2.24. The van der Waals surface area contributed by atoms with Crippen molar-refractivity contribution in [1.29, 1.82) is 0 Å². The summed E-state index contributed by atoms with van der Waals surface area (Å²) in [6.45, 7) is 7.21. The standard InChI is InChI=1S/C16H25N3O2/c1-12(2)18-10-13-6-5-9-19(11-13)15-14(16(20)21-3)7-4-8-17-15/h4,7-8,12-13,18H,5-6,9-11H2,1-3H3. The molecule has 0 radical (unpaired) electrons. The Morgan fingerprint density at radius 1 is 1.57 bits per heavy atom. The number of carbonyl (C=O) groups excluding carboxylic acids is 1. The second-order valence-corrected chi connectivity index (χ2v) is 5.88. The average molecular weight is 291 g/mol. The Hall–Kier alpha value is -1.62. The zero-order valence-electron chi connectivity index (χ0n) is 13.1. The Morgan fingerprint density at radius 3 is 3.10 bits per heavy atom. The number of hydrogen-bond donors (Lipinski definition) is 1. The van der Waals surface area contributed by atoms with Gasteiger partial charge >= 0.3 is 5.97 Å². The molecule has 116 valence electrons. The molecule has 1 N–H and O–H groups in total. The number of nitrogens with zero attached hydrogens (tertiary/aromatic N) is 2. The molecule has 1 aliphatic rings. The van der Waals surface area contributed by atoms with Crippen molar-refractivity contribution in [1.82, 2.24) is 10.3 Å². The fourth-order valence-electron chi connectivity index (χ4n) is 2.74. The summed E-state index contributed by atoms with van der Waals surface area (Å²) in [6, 6.07) is 4.06. The first-order valence-electron chi connectivity index (χ1n) is 7.63. The summed E-state index contributed by atoms with van der Waals surface area (Å²) >= 11 is 0. The van der Waals surface area contributed by atoms with E-state index in [-0.39, 0.29) is 5.97 Å². The van der Waals surface area contributed by atoms with Crippen LogP contribution in [0, 0.1) is 5.92 Å². The van der Waals surface area contributed by atoms with Gasteiger partial charge in [0.2, 0.25) is 0 Å². The van der Waals surface area contributed by atoms with Crippen LogP contribution >= 0.6 is 0 Å². The number of aromatic nitrogens is 1. The van der Waals surface area contributed by atoms with E-state index in [2.05, 4.69) is 29.0 Å². The number of methoxy groups -OCH3 is 1. The van der Waals surface area contributed by atoms with Gasteiger partial charge in [0.1, 0.15) is 11.4 Å².